The number of hydrogen-bond acceptors (Lipinski definition) is 5. The molecule has 0 aliphatic rings. The van der Waals surface area contributed by atoms with E-state index in [0.29, 0.717) is 35.6 Å². The molecule has 0 saturated heterocycles. The van der Waals surface area contributed by atoms with Crippen LogP contribution < -0.4 is 10.1 Å². The van der Waals surface area contributed by atoms with Gasteiger partial charge in [0.2, 0.25) is 5.91 Å². The van der Waals surface area contributed by atoms with Gasteiger partial charge in [0.15, 0.2) is 12.4 Å². The van der Waals surface area contributed by atoms with Crippen molar-refractivity contribution in [3.8, 4) is 5.75 Å². The van der Waals surface area contributed by atoms with E-state index in [-0.39, 0.29) is 18.3 Å². The molecule has 0 radical (unpaired) electrons. The van der Waals surface area contributed by atoms with Gasteiger partial charge in [-0.05, 0) is 55.5 Å². The number of carbonyl (C=O) groups excluding carboxylic acids is 3. The summed E-state index contributed by atoms with van der Waals surface area (Å²) in [6.07, 6.45) is 0.377. The van der Waals surface area contributed by atoms with Crippen LogP contribution in [0.4, 0.5) is 5.69 Å². The van der Waals surface area contributed by atoms with Gasteiger partial charge >= 0.3 is 5.97 Å². The lowest BCUT2D eigenvalue weighted by molar-refractivity contribution is -0.115. The van der Waals surface area contributed by atoms with E-state index in [0.717, 1.165) is 0 Å². The van der Waals surface area contributed by atoms with Gasteiger partial charge in [0.05, 0.1) is 12.2 Å². The van der Waals surface area contributed by atoms with Crippen LogP contribution in [0.3, 0.4) is 0 Å². The minimum atomic E-state index is -0.576. The first-order valence-corrected chi connectivity index (χ1v) is 8.36. The molecule has 0 saturated carbocycles. The van der Waals surface area contributed by atoms with E-state index >= 15 is 0 Å². The Labute approximate surface area is 152 Å². The average molecular weight is 355 g/mol. The minimum absolute atomic E-state index is 0.103. The number of ketones is 1. The predicted octanol–water partition coefficient (Wildman–Crippen LogP) is 3.47. The normalized spacial score (nSPS) is 10.1. The maximum Gasteiger partial charge on any atom is 0.338 e. The van der Waals surface area contributed by atoms with Crippen LogP contribution in [0.25, 0.3) is 0 Å². The summed E-state index contributed by atoms with van der Waals surface area (Å²) in [6, 6.07) is 12.9. The van der Waals surface area contributed by atoms with Crippen LogP contribution in [0.15, 0.2) is 48.5 Å². The quantitative estimate of drug-likeness (QED) is 0.579. The Morgan fingerprint density at radius 1 is 0.885 bits per heavy atom. The summed E-state index contributed by atoms with van der Waals surface area (Å²) in [7, 11) is 0. The smallest absolute Gasteiger partial charge is 0.338 e. The van der Waals surface area contributed by atoms with E-state index in [9.17, 15) is 14.4 Å². The second-order valence-corrected chi connectivity index (χ2v) is 5.44. The molecule has 6 heteroatoms. The Hall–Kier alpha value is -3.15. The number of rotatable bonds is 8. The zero-order valence-corrected chi connectivity index (χ0v) is 14.8. The van der Waals surface area contributed by atoms with Crippen molar-refractivity contribution in [2.24, 2.45) is 0 Å². The molecule has 0 aliphatic heterocycles. The third-order valence-corrected chi connectivity index (χ3v) is 3.55. The summed E-state index contributed by atoms with van der Waals surface area (Å²) in [5.41, 5.74) is 1.36. The number of anilines is 1. The number of esters is 1. The van der Waals surface area contributed by atoms with Crippen LogP contribution in [0.5, 0.6) is 5.75 Å². The summed E-state index contributed by atoms with van der Waals surface area (Å²) in [5.74, 6) is -0.338. The molecule has 0 bridgehead atoms. The molecule has 0 aliphatic carbocycles. The molecule has 0 unspecified atom stereocenters. The van der Waals surface area contributed by atoms with Crippen molar-refractivity contribution in [3.63, 3.8) is 0 Å². The van der Waals surface area contributed by atoms with Crippen molar-refractivity contribution in [1.82, 2.24) is 0 Å². The molecule has 0 atom stereocenters. The molecule has 0 fully saturated rings. The lowest BCUT2D eigenvalue weighted by Crippen LogP contribution is -2.14. The van der Waals surface area contributed by atoms with Crippen molar-refractivity contribution >= 4 is 23.3 Å². The zero-order chi connectivity index (χ0) is 18.9. The number of amides is 1. The topological polar surface area (TPSA) is 81.7 Å². The van der Waals surface area contributed by atoms with Crippen molar-refractivity contribution in [2.75, 3.05) is 18.5 Å². The van der Waals surface area contributed by atoms with E-state index < -0.39 is 5.97 Å². The Balaban J connectivity index is 1.89. The molecular formula is C20H21NO5. The highest BCUT2D eigenvalue weighted by molar-refractivity contribution is 6.00. The average Bonchev–Trinajstić information content (AvgIpc) is 2.67. The van der Waals surface area contributed by atoms with E-state index in [4.69, 9.17) is 9.47 Å². The summed E-state index contributed by atoms with van der Waals surface area (Å²) in [4.78, 5) is 35.4. The summed E-state index contributed by atoms with van der Waals surface area (Å²) >= 11 is 0. The molecule has 0 heterocycles. The van der Waals surface area contributed by atoms with Crippen molar-refractivity contribution < 1.29 is 23.9 Å². The van der Waals surface area contributed by atoms with Crippen molar-refractivity contribution in [2.45, 2.75) is 20.3 Å². The fourth-order valence-corrected chi connectivity index (χ4v) is 2.14. The van der Waals surface area contributed by atoms with Crippen LogP contribution in [0.1, 0.15) is 41.0 Å². The number of ether oxygens (including phenoxy) is 2. The van der Waals surface area contributed by atoms with Gasteiger partial charge in [0, 0.05) is 17.7 Å². The second kappa shape index (κ2) is 9.36. The van der Waals surface area contributed by atoms with E-state index in [1.165, 1.54) is 0 Å². The van der Waals surface area contributed by atoms with Crippen LogP contribution in [0, 0.1) is 0 Å². The number of nitrogens with one attached hydrogen (secondary N) is 1. The molecule has 2 aromatic carbocycles. The molecule has 136 valence electrons. The fourth-order valence-electron chi connectivity index (χ4n) is 2.14. The number of Topliss-reactive ketones (excluding diaryl/α,β-unsaturated/α-hetero) is 1. The maximum absolute atomic E-state index is 12.1. The molecule has 26 heavy (non-hydrogen) atoms. The Bertz CT molecular complexity index is 766. The summed E-state index contributed by atoms with van der Waals surface area (Å²) in [6.45, 7) is 3.82. The lowest BCUT2D eigenvalue weighted by atomic mass is 10.1. The van der Waals surface area contributed by atoms with Crippen molar-refractivity contribution in [3.05, 3.63) is 59.7 Å². The van der Waals surface area contributed by atoms with Gasteiger partial charge in [-0.3, -0.25) is 9.59 Å². The number of carbonyl (C=O) groups is 3. The third-order valence-electron chi connectivity index (χ3n) is 3.55. The molecule has 6 nitrogen and oxygen atoms in total. The van der Waals surface area contributed by atoms with Gasteiger partial charge in [-0.25, -0.2) is 4.79 Å². The Morgan fingerprint density at radius 3 is 2.08 bits per heavy atom. The SMILES string of the molecule is CCOc1ccc(C(=O)OCC(=O)c2ccc(NC(=O)CC)cc2)cc1. The van der Waals surface area contributed by atoms with Crippen LogP contribution in [0.2, 0.25) is 0 Å². The van der Waals surface area contributed by atoms with Crippen molar-refractivity contribution in [1.29, 1.82) is 0 Å². The van der Waals surface area contributed by atoms with E-state index in [1.807, 2.05) is 6.92 Å². The maximum atomic E-state index is 12.1. The highest BCUT2D eigenvalue weighted by Gasteiger charge is 2.12. The molecule has 2 aromatic rings. The standard InChI is InChI=1S/C20H21NO5/c1-3-19(23)21-16-9-5-14(6-10-16)18(22)13-26-20(24)15-7-11-17(12-8-15)25-4-2/h5-12H,3-4,13H2,1-2H3,(H,21,23). The first-order valence-electron chi connectivity index (χ1n) is 8.36. The summed E-state index contributed by atoms with van der Waals surface area (Å²) < 4.78 is 10.4. The molecule has 1 amide bonds. The van der Waals surface area contributed by atoms with Gasteiger partial charge in [-0.2, -0.15) is 0 Å². The minimum Gasteiger partial charge on any atom is -0.494 e. The van der Waals surface area contributed by atoms with Crippen LogP contribution in [-0.2, 0) is 9.53 Å². The molecular weight excluding hydrogens is 334 g/mol. The molecule has 0 spiro atoms. The zero-order valence-electron chi connectivity index (χ0n) is 14.8. The molecule has 0 aromatic heterocycles. The third kappa shape index (κ3) is 5.44. The summed E-state index contributed by atoms with van der Waals surface area (Å²) in [5, 5.41) is 2.70. The van der Waals surface area contributed by atoms with Gasteiger partial charge in [0.1, 0.15) is 5.75 Å². The number of hydrogen-bond donors (Lipinski definition) is 1. The van der Waals surface area contributed by atoms with Gasteiger partial charge in [-0.1, -0.05) is 6.92 Å². The second-order valence-electron chi connectivity index (χ2n) is 5.44. The largest absolute Gasteiger partial charge is 0.494 e. The van der Waals surface area contributed by atoms with E-state index in [2.05, 4.69) is 5.32 Å². The number of benzene rings is 2. The van der Waals surface area contributed by atoms with Crippen LogP contribution >= 0.6 is 0 Å². The monoisotopic (exact) mass is 355 g/mol. The highest BCUT2D eigenvalue weighted by Crippen LogP contribution is 2.14. The van der Waals surface area contributed by atoms with Gasteiger partial charge in [0.25, 0.3) is 0 Å². The highest BCUT2D eigenvalue weighted by atomic mass is 16.5. The first-order chi connectivity index (χ1) is 12.5. The van der Waals surface area contributed by atoms with Crippen LogP contribution in [-0.4, -0.2) is 30.9 Å². The molecule has 2 rings (SSSR count). The van der Waals surface area contributed by atoms with E-state index in [1.54, 1.807) is 55.5 Å². The first kappa shape index (κ1) is 19.2. The predicted molar refractivity (Wildman–Crippen MR) is 97.6 cm³/mol. The Morgan fingerprint density at radius 2 is 1.50 bits per heavy atom. The molecule has 1 N–H and O–H groups in total. The Kier molecular flexibility index (Phi) is 6.91. The van der Waals surface area contributed by atoms with Gasteiger partial charge in [-0.15, -0.1) is 0 Å². The lowest BCUT2D eigenvalue weighted by Gasteiger charge is -2.07. The van der Waals surface area contributed by atoms with Gasteiger partial charge < -0.3 is 14.8 Å². The fraction of sp³-hybridized carbons (Fsp3) is 0.250.